The second-order valence-electron chi connectivity index (χ2n) is 3.27. The molecule has 0 saturated heterocycles. The summed E-state index contributed by atoms with van der Waals surface area (Å²) in [5, 5.41) is 4.34. The third-order valence-electron chi connectivity index (χ3n) is 2.13. The molecule has 2 N–H and O–H groups in total. The fourth-order valence-electron chi connectivity index (χ4n) is 1.34. The lowest BCUT2D eigenvalue weighted by Crippen LogP contribution is -2.14. The molecule has 0 saturated carbocycles. The van der Waals surface area contributed by atoms with E-state index in [2.05, 4.69) is 30.2 Å². The maximum atomic E-state index is 11.7. The van der Waals surface area contributed by atoms with Crippen LogP contribution in [-0.4, -0.2) is 30.8 Å². The summed E-state index contributed by atoms with van der Waals surface area (Å²) in [6.45, 7) is 0. The first-order chi connectivity index (χ1) is 8.74. The molecule has 0 atom stereocenters. The Hall–Kier alpha value is -2.06. The van der Waals surface area contributed by atoms with Crippen molar-refractivity contribution in [3.05, 3.63) is 28.1 Å². The topological polar surface area (TPSA) is 96.5 Å². The number of nitrogens with one attached hydrogen (secondary N) is 2. The molecule has 0 aromatic carbocycles. The number of hydrogen-bond acceptors (Lipinski definition) is 6. The summed E-state index contributed by atoms with van der Waals surface area (Å²) in [6, 6.07) is 0. The van der Waals surface area contributed by atoms with E-state index < -0.39 is 0 Å². The lowest BCUT2D eigenvalue weighted by Gasteiger charge is -2.01. The molecule has 7 nitrogen and oxygen atoms in total. The number of aromatic amines is 1. The fourth-order valence-corrected chi connectivity index (χ4v) is 2.10. The Balaban J connectivity index is 1.93. The van der Waals surface area contributed by atoms with E-state index in [0.29, 0.717) is 16.9 Å². The quantitative estimate of drug-likeness (QED) is 0.697. The molecule has 3 rings (SSSR count). The van der Waals surface area contributed by atoms with E-state index in [9.17, 15) is 4.79 Å². The van der Waals surface area contributed by atoms with Gasteiger partial charge >= 0.3 is 0 Å². The highest BCUT2D eigenvalue weighted by atomic mass is 35.5. The number of hydrogen-bond donors (Lipinski definition) is 2. The Morgan fingerprint density at radius 1 is 1.39 bits per heavy atom. The van der Waals surface area contributed by atoms with E-state index in [0.717, 1.165) is 0 Å². The number of thiazole rings is 1. The molecule has 1 amide bonds. The largest absolute Gasteiger partial charge is 0.341 e. The minimum atomic E-state index is -0.387. The minimum Gasteiger partial charge on any atom is -0.341 e. The van der Waals surface area contributed by atoms with Gasteiger partial charge in [-0.25, -0.2) is 9.97 Å². The van der Waals surface area contributed by atoms with E-state index in [1.54, 1.807) is 10.9 Å². The van der Waals surface area contributed by atoms with Crippen LogP contribution in [-0.2, 0) is 0 Å². The normalized spacial score (nSPS) is 10.7. The van der Waals surface area contributed by atoms with Gasteiger partial charge in [0.05, 0.1) is 11.8 Å². The van der Waals surface area contributed by atoms with Crippen molar-refractivity contribution >= 4 is 46.0 Å². The summed E-state index contributed by atoms with van der Waals surface area (Å²) in [4.78, 5) is 30.4. The van der Waals surface area contributed by atoms with E-state index >= 15 is 0 Å². The van der Waals surface area contributed by atoms with Crippen molar-refractivity contribution in [1.82, 2.24) is 24.9 Å². The summed E-state index contributed by atoms with van der Waals surface area (Å²) in [5.74, 6) is -0.292. The van der Waals surface area contributed by atoms with Gasteiger partial charge in [-0.15, -0.1) is 11.3 Å². The second kappa shape index (κ2) is 4.31. The van der Waals surface area contributed by atoms with Crippen LogP contribution >= 0.6 is 22.9 Å². The summed E-state index contributed by atoms with van der Waals surface area (Å²) in [6.07, 6.45) is 1.46. The minimum absolute atomic E-state index is 0.0950. The van der Waals surface area contributed by atoms with Crippen LogP contribution in [0.5, 0.6) is 0 Å². The van der Waals surface area contributed by atoms with Gasteiger partial charge in [0.1, 0.15) is 11.2 Å². The molecule has 0 aliphatic carbocycles. The lowest BCUT2D eigenvalue weighted by molar-refractivity contribution is 0.102. The van der Waals surface area contributed by atoms with Gasteiger partial charge in [-0.05, 0) is 0 Å². The Bertz CT molecular complexity index is 709. The molecule has 0 aliphatic rings. The standard InChI is InChI=1S/C9H5ClN6OS/c10-6-5-7(12-2-11-5)15-9(14-6)16-8(17)4-1-18-3-13-4/h1-3H,(H2,11,12,14,15,16,17). The van der Waals surface area contributed by atoms with Crippen molar-refractivity contribution in [2.75, 3.05) is 5.32 Å². The summed E-state index contributed by atoms with van der Waals surface area (Å²) in [5.41, 5.74) is 2.80. The molecular weight excluding hydrogens is 276 g/mol. The number of anilines is 1. The van der Waals surface area contributed by atoms with Crippen LogP contribution in [0.4, 0.5) is 5.95 Å². The predicted molar refractivity (Wildman–Crippen MR) is 66.8 cm³/mol. The molecule has 3 heterocycles. The molecular formula is C9H5ClN6OS. The number of nitrogens with zero attached hydrogens (tertiary/aromatic N) is 4. The van der Waals surface area contributed by atoms with E-state index in [1.165, 1.54) is 17.7 Å². The Morgan fingerprint density at radius 3 is 3.06 bits per heavy atom. The summed E-state index contributed by atoms with van der Waals surface area (Å²) >= 11 is 7.25. The number of amides is 1. The van der Waals surface area contributed by atoms with Gasteiger partial charge in [0.15, 0.2) is 10.8 Å². The highest BCUT2D eigenvalue weighted by Gasteiger charge is 2.12. The second-order valence-corrected chi connectivity index (χ2v) is 4.34. The van der Waals surface area contributed by atoms with Crippen LogP contribution in [0.2, 0.25) is 5.15 Å². The van der Waals surface area contributed by atoms with Crippen molar-refractivity contribution in [2.24, 2.45) is 0 Å². The molecule has 3 aromatic heterocycles. The summed E-state index contributed by atoms with van der Waals surface area (Å²) < 4.78 is 0. The Kier molecular flexibility index (Phi) is 2.65. The maximum absolute atomic E-state index is 11.7. The highest BCUT2D eigenvalue weighted by molar-refractivity contribution is 7.07. The number of rotatable bonds is 2. The van der Waals surface area contributed by atoms with Gasteiger partial charge in [0.25, 0.3) is 5.91 Å². The van der Waals surface area contributed by atoms with Gasteiger partial charge in [0.2, 0.25) is 5.95 Å². The van der Waals surface area contributed by atoms with E-state index in [-0.39, 0.29) is 17.0 Å². The molecule has 0 fully saturated rings. The van der Waals surface area contributed by atoms with Crippen molar-refractivity contribution in [3.8, 4) is 0 Å². The average molecular weight is 281 g/mol. The highest BCUT2D eigenvalue weighted by Crippen LogP contribution is 2.18. The molecule has 0 bridgehead atoms. The van der Waals surface area contributed by atoms with E-state index in [4.69, 9.17) is 11.6 Å². The molecule has 90 valence electrons. The molecule has 0 spiro atoms. The van der Waals surface area contributed by atoms with Crippen LogP contribution in [0.1, 0.15) is 10.5 Å². The first-order valence-corrected chi connectivity index (χ1v) is 6.12. The Morgan fingerprint density at radius 2 is 2.28 bits per heavy atom. The number of H-pyrrole nitrogens is 1. The van der Waals surface area contributed by atoms with Crippen LogP contribution in [0.25, 0.3) is 11.2 Å². The molecule has 0 unspecified atom stereocenters. The summed E-state index contributed by atoms with van der Waals surface area (Å²) in [7, 11) is 0. The monoisotopic (exact) mass is 280 g/mol. The van der Waals surface area contributed by atoms with Gasteiger partial charge in [-0.3, -0.25) is 10.1 Å². The van der Waals surface area contributed by atoms with Crippen LogP contribution < -0.4 is 5.32 Å². The first kappa shape index (κ1) is 11.1. The number of fused-ring (bicyclic) bond motifs is 1. The smallest absolute Gasteiger partial charge is 0.277 e. The van der Waals surface area contributed by atoms with Crippen molar-refractivity contribution in [1.29, 1.82) is 0 Å². The molecule has 0 radical (unpaired) electrons. The number of imidazole rings is 1. The van der Waals surface area contributed by atoms with E-state index in [1.807, 2.05) is 0 Å². The molecule has 9 heteroatoms. The fraction of sp³-hybridized carbons (Fsp3) is 0. The number of halogens is 1. The predicted octanol–water partition coefficient (Wildman–Crippen LogP) is 1.72. The molecule has 0 aliphatic heterocycles. The number of carbonyl (C=O) groups is 1. The molecule has 3 aromatic rings. The van der Waals surface area contributed by atoms with Crippen LogP contribution in [0, 0.1) is 0 Å². The van der Waals surface area contributed by atoms with Crippen molar-refractivity contribution in [2.45, 2.75) is 0 Å². The maximum Gasteiger partial charge on any atom is 0.277 e. The number of aromatic nitrogens is 5. The first-order valence-electron chi connectivity index (χ1n) is 4.80. The van der Waals surface area contributed by atoms with Gasteiger partial charge in [-0.1, -0.05) is 11.6 Å². The van der Waals surface area contributed by atoms with Crippen LogP contribution in [0.3, 0.4) is 0 Å². The third-order valence-corrected chi connectivity index (χ3v) is 2.99. The van der Waals surface area contributed by atoms with Gasteiger partial charge < -0.3 is 4.98 Å². The Labute approximate surface area is 109 Å². The zero-order valence-corrected chi connectivity index (χ0v) is 10.3. The SMILES string of the molecule is O=C(Nc1nc(Cl)c2[nH]cnc2n1)c1cscn1. The lowest BCUT2D eigenvalue weighted by atomic mass is 10.4. The van der Waals surface area contributed by atoms with Crippen molar-refractivity contribution in [3.63, 3.8) is 0 Å². The van der Waals surface area contributed by atoms with Gasteiger partial charge in [0, 0.05) is 5.38 Å². The zero-order chi connectivity index (χ0) is 12.5. The van der Waals surface area contributed by atoms with Gasteiger partial charge in [-0.2, -0.15) is 9.97 Å². The number of carbonyl (C=O) groups excluding carboxylic acids is 1. The van der Waals surface area contributed by atoms with Crippen molar-refractivity contribution < 1.29 is 4.79 Å². The van der Waals surface area contributed by atoms with Crippen LogP contribution in [0.15, 0.2) is 17.2 Å². The zero-order valence-electron chi connectivity index (χ0n) is 8.72. The third kappa shape index (κ3) is 1.91. The molecule has 18 heavy (non-hydrogen) atoms. The average Bonchev–Trinajstić information content (AvgIpc) is 2.99.